The molecule has 0 bridgehead atoms. The van der Waals surface area contributed by atoms with Crippen LogP contribution >= 0.6 is 0 Å². The molecule has 0 radical (unpaired) electrons. The highest BCUT2D eigenvalue weighted by molar-refractivity contribution is 5.94. The van der Waals surface area contributed by atoms with Gasteiger partial charge in [-0.15, -0.1) is 0 Å². The number of rotatable bonds is 17. The summed E-state index contributed by atoms with van der Waals surface area (Å²) in [7, 11) is 0. The SMILES string of the molecule is CCCCCCN(C(=O)C(CCC(N)=O)NC(=O)OC(C)(C)C)C(C(=O)NC(Cc1ccccc1)C(=O)OC(C)(C)C)c1cccc(C)c1. The van der Waals surface area contributed by atoms with E-state index in [0.29, 0.717) is 12.0 Å². The molecule has 4 amide bonds. The molecule has 0 aliphatic carbocycles. The first-order valence-electron chi connectivity index (χ1n) is 17.1. The number of nitrogens with one attached hydrogen (secondary N) is 2. The van der Waals surface area contributed by atoms with E-state index >= 15 is 0 Å². The van der Waals surface area contributed by atoms with Crippen LogP contribution < -0.4 is 16.4 Å². The predicted molar refractivity (Wildman–Crippen MR) is 189 cm³/mol. The van der Waals surface area contributed by atoms with Gasteiger partial charge in [0, 0.05) is 19.4 Å². The Kier molecular flexibility index (Phi) is 15.8. The third kappa shape index (κ3) is 15.1. The number of hydrogen-bond acceptors (Lipinski definition) is 7. The van der Waals surface area contributed by atoms with Crippen LogP contribution in [0.5, 0.6) is 0 Å². The van der Waals surface area contributed by atoms with E-state index in [0.717, 1.165) is 30.4 Å². The van der Waals surface area contributed by atoms with E-state index in [-0.39, 0.29) is 25.8 Å². The maximum atomic E-state index is 14.6. The number of esters is 1. The summed E-state index contributed by atoms with van der Waals surface area (Å²) in [4.78, 5) is 68.8. The Morgan fingerprint density at radius 3 is 2.04 bits per heavy atom. The van der Waals surface area contributed by atoms with Gasteiger partial charge in [0.1, 0.15) is 29.3 Å². The summed E-state index contributed by atoms with van der Waals surface area (Å²) in [5.74, 6) is -2.43. The van der Waals surface area contributed by atoms with Gasteiger partial charge in [-0.05, 0) is 72.4 Å². The lowest BCUT2D eigenvalue weighted by atomic mass is 9.98. The highest BCUT2D eigenvalue weighted by atomic mass is 16.6. The van der Waals surface area contributed by atoms with Gasteiger partial charge in [0.25, 0.3) is 0 Å². The fourth-order valence-electron chi connectivity index (χ4n) is 5.25. The number of hydrogen-bond donors (Lipinski definition) is 3. The number of amides is 4. The van der Waals surface area contributed by atoms with Gasteiger partial charge in [0.15, 0.2) is 0 Å². The van der Waals surface area contributed by atoms with Crippen LogP contribution in [-0.4, -0.2) is 64.5 Å². The molecule has 11 nitrogen and oxygen atoms in total. The first-order valence-corrected chi connectivity index (χ1v) is 17.1. The van der Waals surface area contributed by atoms with Crippen LogP contribution in [0.1, 0.15) is 110 Å². The molecule has 0 saturated heterocycles. The van der Waals surface area contributed by atoms with Crippen molar-refractivity contribution in [3.05, 3.63) is 71.3 Å². The van der Waals surface area contributed by atoms with Gasteiger partial charge < -0.3 is 30.7 Å². The average molecular weight is 681 g/mol. The molecule has 11 heteroatoms. The second kappa shape index (κ2) is 19.0. The Hall–Kier alpha value is -4.41. The van der Waals surface area contributed by atoms with Crippen LogP contribution in [0, 0.1) is 6.92 Å². The predicted octanol–water partition coefficient (Wildman–Crippen LogP) is 5.67. The first kappa shape index (κ1) is 40.8. The molecule has 0 aliphatic rings. The van der Waals surface area contributed by atoms with E-state index in [1.807, 2.05) is 49.4 Å². The van der Waals surface area contributed by atoms with Gasteiger partial charge in [-0.3, -0.25) is 14.4 Å². The second-order valence-corrected chi connectivity index (χ2v) is 14.4. The monoisotopic (exact) mass is 680 g/mol. The van der Waals surface area contributed by atoms with E-state index in [4.69, 9.17) is 15.2 Å². The number of aryl methyl sites for hydroxylation is 1. The minimum absolute atomic E-state index is 0.102. The van der Waals surface area contributed by atoms with Gasteiger partial charge in [-0.1, -0.05) is 86.3 Å². The average Bonchev–Trinajstić information content (AvgIpc) is 2.98. The smallest absolute Gasteiger partial charge is 0.408 e. The molecule has 0 aromatic heterocycles. The summed E-state index contributed by atoms with van der Waals surface area (Å²) < 4.78 is 11.1. The zero-order valence-electron chi connectivity index (χ0n) is 30.5. The number of alkyl carbamates (subject to hydrolysis) is 1. The molecule has 2 aromatic rings. The topological polar surface area (TPSA) is 157 Å². The number of nitrogens with two attached hydrogens (primary N) is 1. The standard InChI is InChI=1S/C38H56N4O7/c1-9-10-11-15-23-42(34(45)29(21-22-31(39)43)41-36(47)49-38(6,7)8)32(28-20-16-17-26(2)24-28)33(44)40-30(35(46)48-37(3,4)5)25-27-18-13-12-14-19-27/h12-14,16-20,24,29-30,32H,9-11,15,21-23,25H2,1-8H3,(H2,39,43)(H,40,44)(H,41,47). The minimum Gasteiger partial charge on any atom is -0.458 e. The normalized spacial score (nSPS) is 13.4. The van der Waals surface area contributed by atoms with Crippen LogP contribution in [0.2, 0.25) is 0 Å². The van der Waals surface area contributed by atoms with Crippen LogP contribution in [0.4, 0.5) is 4.79 Å². The van der Waals surface area contributed by atoms with Crippen molar-refractivity contribution in [3.8, 4) is 0 Å². The fourth-order valence-corrected chi connectivity index (χ4v) is 5.25. The van der Waals surface area contributed by atoms with Crippen molar-refractivity contribution >= 4 is 29.8 Å². The van der Waals surface area contributed by atoms with Crippen molar-refractivity contribution in [2.75, 3.05) is 6.54 Å². The van der Waals surface area contributed by atoms with Crippen molar-refractivity contribution in [2.24, 2.45) is 5.73 Å². The van der Waals surface area contributed by atoms with E-state index in [1.165, 1.54) is 4.90 Å². The maximum Gasteiger partial charge on any atom is 0.408 e. The lowest BCUT2D eigenvalue weighted by molar-refractivity contribution is -0.159. The largest absolute Gasteiger partial charge is 0.458 e. The zero-order chi connectivity index (χ0) is 36.8. The van der Waals surface area contributed by atoms with Gasteiger partial charge >= 0.3 is 12.1 Å². The number of unbranched alkanes of at least 4 members (excludes halogenated alkanes) is 3. The summed E-state index contributed by atoms with van der Waals surface area (Å²) in [6.45, 7) is 14.5. The van der Waals surface area contributed by atoms with E-state index in [2.05, 4.69) is 17.6 Å². The molecule has 0 spiro atoms. The summed E-state index contributed by atoms with van der Waals surface area (Å²) in [6, 6.07) is 13.0. The molecule has 3 atom stereocenters. The van der Waals surface area contributed by atoms with Crippen molar-refractivity contribution in [1.82, 2.24) is 15.5 Å². The molecule has 49 heavy (non-hydrogen) atoms. The maximum absolute atomic E-state index is 14.6. The lowest BCUT2D eigenvalue weighted by Gasteiger charge is -2.35. The van der Waals surface area contributed by atoms with Gasteiger partial charge in [-0.2, -0.15) is 0 Å². The van der Waals surface area contributed by atoms with Gasteiger partial charge in [0.05, 0.1) is 0 Å². The Balaban J connectivity index is 2.64. The molecular formula is C38H56N4O7. The number of ether oxygens (including phenoxy) is 2. The Morgan fingerprint density at radius 1 is 0.816 bits per heavy atom. The van der Waals surface area contributed by atoms with E-state index in [1.54, 1.807) is 53.7 Å². The number of benzene rings is 2. The molecule has 2 rings (SSSR count). The Bertz CT molecular complexity index is 1400. The molecule has 0 fully saturated rings. The molecule has 2 aromatic carbocycles. The quantitative estimate of drug-likeness (QED) is 0.143. The van der Waals surface area contributed by atoms with Crippen LogP contribution in [-0.2, 0) is 35.1 Å². The zero-order valence-corrected chi connectivity index (χ0v) is 30.5. The van der Waals surface area contributed by atoms with Gasteiger partial charge in [-0.25, -0.2) is 9.59 Å². The summed E-state index contributed by atoms with van der Waals surface area (Å²) in [5.41, 5.74) is 5.99. The highest BCUT2D eigenvalue weighted by Crippen LogP contribution is 2.26. The van der Waals surface area contributed by atoms with Crippen molar-refractivity contribution < 1.29 is 33.4 Å². The molecule has 0 saturated carbocycles. The Morgan fingerprint density at radius 2 is 1.47 bits per heavy atom. The van der Waals surface area contributed by atoms with Crippen LogP contribution in [0.3, 0.4) is 0 Å². The first-order chi connectivity index (χ1) is 22.9. The van der Waals surface area contributed by atoms with Gasteiger partial charge in [0.2, 0.25) is 17.7 Å². The molecule has 270 valence electrons. The molecular weight excluding hydrogens is 624 g/mol. The number of carbonyl (C=O) groups is 5. The number of primary amides is 1. The van der Waals surface area contributed by atoms with E-state index in [9.17, 15) is 24.0 Å². The third-order valence-electron chi connectivity index (χ3n) is 7.41. The van der Waals surface area contributed by atoms with Crippen molar-refractivity contribution in [2.45, 2.75) is 130 Å². The lowest BCUT2D eigenvalue weighted by Crippen LogP contribution is -2.55. The number of nitrogens with zero attached hydrogens (tertiary/aromatic N) is 1. The molecule has 0 aliphatic heterocycles. The summed E-state index contributed by atoms with van der Waals surface area (Å²) in [6.07, 6.45) is 2.27. The summed E-state index contributed by atoms with van der Waals surface area (Å²) in [5, 5.41) is 5.53. The van der Waals surface area contributed by atoms with Crippen LogP contribution in [0.15, 0.2) is 54.6 Å². The molecule has 4 N–H and O–H groups in total. The van der Waals surface area contributed by atoms with Crippen molar-refractivity contribution in [1.29, 1.82) is 0 Å². The molecule has 0 heterocycles. The molecule has 3 unspecified atom stereocenters. The summed E-state index contributed by atoms with van der Waals surface area (Å²) >= 11 is 0. The highest BCUT2D eigenvalue weighted by Gasteiger charge is 2.38. The third-order valence-corrected chi connectivity index (χ3v) is 7.41. The van der Waals surface area contributed by atoms with E-state index < -0.39 is 59.1 Å². The minimum atomic E-state index is -1.22. The fraction of sp³-hybridized carbons (Fsp3) is 0.553. The number of carbonyl (C=O) groups excluding carboxylic acids is 5. The van der Waals surface area contributed by atoms with Crippen LogP contribution in [0.25, 0.3) is 0 Å². The Labute approximate surface area is 291 Å². The van der Waals surface area contributed by atoms with Crippen molar-refractivity contribution in [3.63, 3.8) is 0 Å². The second-order valence-electron chi connectivity index (χ2n) is 14.4.